The summed E-state index contributed by atoms with van der Waals surface area (Å²) in [6.45, 7) is 0.284. The molecule has 31 heavy (non-hydrogen) atoms. The summed E-state index contributed by atoms with van der Waals surface area (Å²) < 4.78 is 0. The molecule has 1 atom stereocenters. The fourth-order valence-corrected chi connectivity index (χ4v) is 4.65. The van der Waals surface area contributed by atoms with Crippen molar-refractivity contribution in [2.75, 3.05) is 17.6 Å². The number of halogens is 1. The molecule has 1 unspecified atom stereocenters. The molecule has 0 bridgehead atoms. The van der Waals surface area contributed by atoms with Gasteiger partial charge in [0.05, 0.1) is 16.5 Å². The lowest BCUT2D eigenvalue weighted by Gasteiger charge is -2.20. The van der Waals surface area contributed by atoms with Crippen LogP contribution in [0.2, 0.25) is 5.02 Å². The van der Waals surface area contributed by atoms with Crippen molar-refractivity contribution in [2.45, 2.75) is 23.7 Å². The highest BCUT2D eigenvalue weighted by Crippen LogP contribution is 2.37. The van der Waals surface area contributed by atoms with E-state index in [0.29, 0.717) is 10.8 Å². The Kier molecular flexibility index (Phi) is 6.70. The Morgan fingerprint density at radius 2 is 2.06 bits per heavy atom. The number of fused-ring (bicyclic) bond motifs is 1. The van der Waals surface area contributed by atoms with Crippen LogP contribution in [0.4, 0.5) is 11.5 Å². The van der Waals surface area contributed by atoms with Gasteiger partial charge in [0, 0.05) is 22.8 Å². The van der Waals surface area contributed by atoms with Crippen molar-refractivity contribution in [1.82, 2.24) is 15.3 Å². The summed E-state index contributed by atoms with van der Waals surface area (Å²) in [5.41, 5.74) is 3.64. The number of carbonyl (C=O) groups is 1. The van der Waals surface area contributed by atoms with E-state index in [1.807, 2.05) is 54.7 Å². The zero-order chi connectivity index (χ0) is 21.6. The maximum absolute atomic E-state index is 11.3. The van der Waals surface area contributed by atoms with Gasteiger partial charge in [-0.3, -0.25) is 0 Å². The van der Waals surface area contributed by atoms with E-state index in [9.17, 15) is 4.79 Å². The van der Waals surface area contributed by atoms with Crippen molar-refractivity contribution in [2.24, 2.45) is 0 Å². The molecule has 0 saturated heterocycles. The van der Waals surface area contributed by atoms with Crippen molar-refractivity contribution in [3.8, 4) is 17.6 Å². The second-order valence-corrected chi connectivity index (χ2v) is 8.66. The zero-order valence-corrected chi connectivity index (χ0v) is 18.2. The van der Waals surface area contributed by atoms with Crippen LogP contribution < -0.4 is 10.6 Å². The number of carbonyl (C=O) groups excluding carboxylic acids is 1. The molecule has 4 rings (SSSR count). The molecular weight excluding hydrogens is 430 g/mol. The maximum atomic E-state index is 11.3. The van der Waals surface area contributed by atoms with Crippen LogP contribution in [0.15, 0.2) is 53.4 Å². The third-order valence-corrected chi connectivity index (χ3v) is 6.44. The monoisotopic (exact) mass is 449 g/mol. The summed E-state index contributed by atoms with van der Waals surface area (Å²) in [7, 11) is 0. The minimum absolute atomic E-state index is 0.284. The zero-order valence-electron chi connectivity index (χ0n) is 16.6. The number of nitriles is 1. The van der Waals surface area contributed by atoms with E-state index in [1.54, 1.807) is 11.8 Å². The Hall–Kier alpha value is -3.08. The van der Waals surface area contributed by atoms with Crippen molar-refractivity contribution >= 4 is 41.2 Å². The van der Waals surface area contributed by atoms with E-state index >= 15 is 0 Å². The van der Waals surface area contributed by atoms with Gasteiger partial charge < -0.3 is 15.4 Å². The van der Waals surface area contributed by atoms with Crippen molar-refractivity contribution in [3.63, 3.8) is 0 Å². The fraction of sp³-hybridized carbons (Fsp3) is 0.217. The van der Waals surface area contributed by atoms with Gasteiger partial charge in [0.1, 0.15) is 12.1 Å². The van der Waals surface area contributed by atoms with Crippen molar-refractivity contribution in [1.29, 1.82) is 5.26 Å². The van der Waals surface area contributed by atoms with Gasteiger partial charge in [0.25, 0.3) is 0 Å². The van der Waals surface area contributed by atoms with Gasteiger partial charge in [0.15, 0.2) is 12.0 Å². The summed E-state index contributed by atoms with van der Waals surface area (Å²) >= 11 is 7.93. The smallest absolute Gasteiger partial charge is 0.176 e. The van der Waals surface area contributed by atoms with Gasteiger partial charge in [-0.2, -0.15) is 5.26 Å². The number of aromatic nitrogens is 2. The van der Waals surface area contributed by atoms with Gasteiger partial charge in [0.2, 0.25) is 0 Å². The molecule has 0 radical (unpaired) electrons. The lowest BCUT2D eigenvalue weighted by atomic mass is 10.0. The molecule has 0 saturated carbocycles. The second-order valence-electron chi connectivity index (χ2n) is 7.12. The quantitative estimate of drug-likeness (QED) is 0.300. The van der Waals surface area contributed by atoms with Crippen molar-refractivity contribution < 1.29 is 4.79 Å². The normalized spacial score (nSPS) is 13.5. The molecule has 0 amide bonds. The predicted octanol–water partition coefficient (Wildman–Crippen LogP) is 4.93. The first kappa shape index (κ1) is 21.2. The number of thioether (sulfide) groups is 1. The Labute approximate surface area is 190 Å². The Morgan fingerprint density at radius 3 is 2.81 bits per heavy atom. The lowest BCUT2D eigenvalue weighted by Crippen LogP contribution is -2.17. The van der Waals surface area contributed by atoms with Crippen LogP contribution in [0, 0.1) is 11.5 Å². The number of nitrogens with one attached hydrogen (secondary N) is 2. The summed E-state index contributed by atoms with van der Waals surface area (Å²) in [5, 5.41) is 15.3. The van der Waals surface area contributed by atoms with Crippen LogP contribution in [-0.2, 0) is 11.2 Å². The summed E-state index contributed by atoms with van der Waals surface area (Å²) in [6.07, 6.45) is 4.70. The molecular formula is C23H20ClN5OS. The fourth-order valence-electron chi connectivity index (χ4n) is 3.42. The minimum Gasteiger partial charge on any atom is -0.339 e. The highest BCUT2D eigenvalue weighted by molar-refractivity contribution is 7.99. The number of rotatable bonds is 7. The molecule has 0 aliphatic carbocycles. The SMILES string of the molecule is N#CNCC(C=O)c1ccc(Nc2nc(-c3cccc(Cl)c3)nc3c2SCCC3)cc1. The average molecular weight is 450 g/mol. The van der Waals surface area contributed by atoms with E-state index in [4.69, 9.17) is 26.8 Å². The molecule has 3 aromatic rings. The van der Waals surface area contributed by atoms with Crippen LogP contribution in [0.1, 0.15) is 23.6 Å². The molecule has 2 N–H and O–H groups in total. The van der Waals surface area contributed by atoms with Crippen LogP contribution >= 0.6 is 23.4 Å². The van der Waals surface area contributed by atoms with Crippen molar-refractivity contribution in [3.05, 3.63) is 64.8 Å². The maximum Gasteiger partial charge on any atom is 0.176 e. The van der Waals surface area contributed by atoms with Gasteiger partial charge in [-0.25, -0.2) is 9.97 Å². The van der Waals surface area contributed by atoms with E-state index in [-0.39, 0.29) is 12.5 Å². The Balaban J connectivity index is 1.64. The molecule has 2 heterocycles. The number of hydrogen-bond acceptors (Lipinski definition) is 7. The Morgan fingerprint density at radius 1 is 1.23 bits per heavy atom. The van der Waals surface area contributed by atoms with Crippen LogP contribution in [0.25, 0.3) is 11.4 Å². The Bertz CT molecular complexity index is 1130. The van der Waals surface area contributed by atoms with E-state index < -0.39 is 0 Å². The van der Waals surface area contributed by atoms with Crippen LogP contribution in [-0.4, -0.2) is 28.6 Å². The summed E-state index contributed by atoms with van der Waals surface area (Å²) in [5.74, 6) is 2.08. The number of aldehydes is 1. The third-order valence-electron chi connectivity index (χ3n) is 4.99. The summed E-state index contributed by atoms with van der Waals surface area (Å²) in [6, 6.07) is 15.2. The topological polar surface area (TPSA) is 90.7 Å². The van der Waals surface area contributed by atoms with Gasteiger partial charge >= 0.3 is 0 Å². The van der Waals surface area contributed by atoms with Gasteiger partial charge in [-0.15, -0.1) is 11.8 Å². The number of nitrogens with zero attached hydrogens (tertiary/aromatic N) is 3. The molecule has 8 heteroatoms. The molecule has 156 valence electrons. The van der Waals surface area contributed by atoms with E-state index in [2.05, 4.69) is 10.6 Å². The first-order chi connectivity index (χ1) is 15.2. The lowest BCUT2D eigenvalue weighted by molar-refractivity contribution is -0.108. The number of aryl methyl sites for hydroxylation is 1. The molecule has 0 spiro atoms. The highest BCUT2D eigenvalue weighted by Gasteiger charge is 2.20. The largest absolute Gasteiger partial charge is 0.339 e. The molecule has 0 fully saturated rings. The molecule has 6 nitrogen and oxygen atoms in total. The average Bonchev–Trinajstić information content (AvgIpc) is 2.80. The first-order valence-corrected chi connectivity index (χ1v) is 11.3. The highest BCUT2D eigenvalue weighted by atomic mass is 35.5. The number of anilines is 2. The van der Waals surface area contributed by atoms with Crippen LogP contribution in [0.3, 0.4) is 0 Å². The second kappa shape index (κ2) is 9.82. The first-order valence-electron chi connectivity index (χ1n) is 9.92. The van der Waals surface area contributed by atoms with Crippen LogP contribution in [0.5, 0.6) is 0 Å². The summed E-state index contributed by atoms with van der Waals surface area (Å²) in [4.78, 5) is 22.0. The molecule has 1 aliphatic rings. The standard InChI is InChI=1S/C23H20ClN5OS/c24-18-4-1-3-16(11-18)22-28-20-5-2-10-31-21(20)23(29-22)27-19-8-6-15(7-9-19)17(13-30)12-26-14-25/h1,3-4,6-9,11,13,17,26H,2,5,10,12H2,(H,27,28,29). The molecule has 1 aliphatic heterocycles. The number of hydrogen-bond donors (Lipinski definition) is 2. The number of benzene rings is 2. The molecule has 1 aromatic heterocycles. The van der Waals surface area contributed by atoms with Gasteiger partial charge in [-0.1, -0.05) is 35.9 Å². The van der Waals surface area contributed by atoms with E-state index in [0.717, 1.165) is 58.1 Å². The minimum atomic E-state index is -0.370. The predicted molar refractivity (Wildman–Crippen MR) is 124 cm³/mol. The van der Waals surface area contributed by atoms with E-state index in [1.165, 1.54) is 0 Å². The third kappa shape index (κ3) is 4.98. The molecule has 2 aromatic carbocycles. The van der Waals surface area contributed by atoms with Gasteiger partial charge in [-0.05, 0) is 48.4 Å².